The van der Waals surface area contributed by atoms with Gasteiger partial charge in [-0.15, -0.1) is 0 Å². The Labute approximate surface area is 84.7 Å². The van der Waals surface area contributed by atoms with Gasteiger partial charge in [0.15, 0.2) is 0 Å². The Morgan fingerprint density at radius 2 is 1.25 bits per heavy atom. The predicted molar refractivity (Wildman–Crippen MR) is 52.6 cm³/mol. The molecule has 0 fully saturated rings. The molecule has 5 heteroatoms. The minimum absolute atomic E-state index is 0.843. The second-order valence-corrected chi connectivity index (χ2v) is 4.19. The molecular formula is C7H18LiO3P. The molecule has 0 saturated heterocycles. The van der Waals surface area contributed by atoms with Crippen molar-refractivity contribution in [2.24, 2.45) is 11.8 Å². The quantitative estimate of drug-likeness (QED) is 0.511. The molecule has 70 valence electrons. The third-order valence-corrected chi connectivity index (χ3v) is 2.10. The standard InChI is InChI=1S/C7H15.Li.H3O3P/c1-6(2)5-7(3)4;;1-4(2)3/h5-7H,1-4H3;;4H,(H2,1,2,3). The third kappa shape index (κ3) is 13.3. The van der Waals surface area contributed by atoms with E-state index < -0.39 is 8.25 Å². The molecule has 0 amide bonds. The van der Waals surface area contributed by atoms with Crippen LogP contribution in [0, 0.1) is 11.8 Å². The van der Waals surface area contributed by atoms with Gasteiger partial charge >= 0.3 is 70.1 Å². The first kappa shape index (κ1) is 15.2. The molecule has 0 aromatic carbocycles. The molecule has 0 rings (SSSR count). The SMILES string of the molecule is O=[PH](O)O.[Li][CH](C(C)C)C(C)C. The van der Waals surface area contributed by atoms with Crippen LogP contribution in [0.4, 0.5) is 0 Å². The molecule has 0 aromatic rings. The van der Waals surface area contributed by atoms with Gasteiger partial charge in [0.1, 0.15) is 0 Å². The van der Waals surface area contributed by atoms with Gasteiger partial charge in [0.05, 0.1) is 0 Å². The van der Waals surface area contributed by atoms with E-state index in [4.69, 9.17) is 14.4 Å². The molecule has 0 heterocycles. The van der Waals surface area contributed by atoms with E-state index in [0.717, 1.165) is 16.4 Å². The minimum atomic E-state index is -3.13. The van der Waals surface area contributed by atoms with Crippen LogP contribution in [-0.2, 0) is 4.57 Å². The Kier molecular flexibility index (Phi) is 10.6. The zero-order chi connectivity index (χ0) is 10.3. The molecule has 0 spiro atoms. The van der Waals surface area contributed by atoms with Crippen LogP contribution in [0.25, 0.3) is 0 Å². The third-order valence-electron chi connectivity index (χ3n) is 2.10. The van der Waals surface area contributed by atoms with Crippen molar-refractivity contribution in [3.8, 4) is 0 Å². The van der Waals surface area contributed by atoms with Gasteiger partial charge in [0, 0.05) is 0 Å². The van der Waals surface area contributed by atoms with Crippen LogP contribution in [-0.4, -0.2) is 27.5 Å². The monoisotopic (exact) mass is 188 g/mol. The zero-order valence-electron chi connectivity index (χ0n) is 8.53. The Hall–Kier alpha value is 0.747. The zero-order valence-corrected chi connectivity index (χ0v) is 9.53. The Morgan fingerprint density at radius 1 is 1.08 bits per heavy atom. The van der Waals surface area contributed by atoms with Crippen molar-refractivity contribution in [3.05, 3.63) is 0 Å². The van der Waals surface area contributed by atoms with Crippen LogP contribution in [0.3, 0.4) is 0 Å². The summed E-state index contributed by atoms with van der Waals surface area (Å²) in [6, 6.07) is 0. The van der Waals surface area contributed by atoms with Gasteiger partial charge in [-0.05, 0) is 0 Å². The Morgan fingerprint density at radius 3 is 1.25 bits per heavy atom. The van der Waals surface area contributed by atoms with Crippen LogP contribution in [0.1, 0.15) is 27.7 Å². The fraction of sp³-hybridized carbons (Fsp3) is 1.00. The maximum absolute atomic E-state index is 8.74. The Bertz CT molecular complexity index is 116. The van der Waals surface area contributed by atoms with Crippen LogP contribution in [0.15, 0.2) is 0 Å². The van der Waals surface area contributed by atoms with Gasteiger partial charge in [0.2, 0.25) is 0 Å². The van der Waals surface area contributed by atoms with Crippen molar-refractivity contribution in [2.75, 3.05) is 0 Å². The summed E-state index contributed by atoms with van der Waals surface area (Å²) >= 11 is 2.31. The molecule has 0 saturated carbocycles. The molecule has 0 radical (unpaired) electrons. The molecule has 0 aliphatic carbocycles. The van der Waals surface area contributed by atoms with E-state index >= 15 is 0 Å². The molecule has 0 unspecified atom stereocenters. The number of rotatable bonds is 2. The van der Waals surface area contributed by atoms with E-state index in [1.807, 2.05) is 0 Å². The van der Waals surface area contributed by atoms with Gasteiger partial charge in [-0.2, -0.15) is 0 Å². The summed E-state index contributed by atoms with van der Waals surface area (Å²) in [5, 5.41) is 0. The molecule has 0 aliphatic rings. The van der Waals surface area contributed by atoms with E-state index in [0.29, 0.717) is 0 Å². The molecule has 3 nitrogen and oxygen atoms in total. The molecule has 12 heavy (non-hydrogen) atoms. The molecule has 0 aromatic heterocycles. The summed E-state index contributed by atoms with van der Waals surface area (Å²) in [6.07, 6.45) is 0. The molecule has 0 atom stereocenters. The van der Waals surface area contributed by atoms with Crippen LogP contribution in [0.2, 0.25) is 4.59 Å². The van der Waals surface area contributed by atoms with Gasteiger partial charge in [-0.25, -0.2) is 0 Å². The van der Waals surface area contributed by atoms with Crippen molar-refractivity contribution in [1.29, 1.82) is 0 Å². The predicted octanol–water partition coefficient (Wildman–Crippen LogP) is 1.62. The summed E-state index contributed by atoms with van der Waals surface area (Å²) in [5.41, 5.74) is 0. The number of hydrogen-bond acceptors (Lipinski definition) is 1. The summed E-state index contributed by atoms with van der Waals surface area (Å²) in [4.78, 5) is 14.3. The summed E-state index contributed by atoms with van der Waals surface area (Å²) in [5.74, 6) is 1.69. The van der Waals surface area contributed by atoms with Crippen molar-refractivity contribution in [3.63, 3.8) is 0 Å². The van der Waals surface area contributed by atoms with E-state index in [-0.39, 0.29) is 0 Å². The second-order valence-electron chi connectivity index (χ2n) is 3.63. The summed E-state index contributed by atoms with van der Waals surface area (Å²) in [7, 11) is -3.13. The van der Waals surface area contributed by atoms with Crippen LogP contribution in [0.5, 0.6) is 0 Å². The fourth-order valence-corrected chi connectivity index (χ4v) is 0.770. The first-order valence-corrected chi connectivity index (χ1v) is 5.51. The molecule has 0 bridgehead atoms. The van der Waals surface area contributed by atoms with Gasteiger partial charge in [-0.3, -0.25) is 4.57 Å². The maximum atomic E-state index is 8.74. The second kappa shape index (κ2) is 8.35. The molecular weight excluding hydrogens is 170 g/mol. The van der Waals surface area contributed by atoms with Crippen molar-refractivity contribution in [1.82, 2.24) is 0 Å². The molecule has 2 N–H and O–H groups in total. The van der Waals surface area contributed by atoms with Gasteiger partial charge in [-0.1, -0.05) is 0 Å². The van der Waals surface area contributed by atoms with E-state index in [1.54, 1.807) is 0 Å². The average molecular weight is 188 g/mol. The van der Waals surface area contributed by atoms with Crippen LogP contribution >= 0.6 is 8.25 Å². The average Bonchev–Trinajstić information content (AvgIpc) is 1.84. The van der Waals surface area contributed by atoms with Gasteiger partial charge < -0.3 is 9.79 Å². The Balaban J connectivity index is 0. The van der Waals surface area contributed by atoms with Crippen molar-refractivity contribution >= 4 is 26.0 Å². The number of hydrogen-bond donors (Lipinski definition) is 2. The van der Waals surface area contributed by atoms with E-state index in [9.17, 15) is 0 Å². The summed E-state index contributed by atoms with van der Waals surface area (Å²) < 4.78 is 9.61. The summed E-state index contributed by atoms with van der Waals surface area (Å²) in [6.45, 7) is 9.13. The first-order valence-electron chi connectivity index (χ1n) is 4.20. The van der Waals surface area contributed by atoms with Gasteiger partial charge in [0.25, 0.3) is 0 Å². The van der Waals surface area contributed by atoms with E-state index in [2.05, 4.69) is 45.4 Å². The normalized spacial score (nSPS) is 11.0. The first-order chi connectivity index (χ1) is 5.29. The fourth-order valence-electron chi connectivity index (χ4n) is 0.770. The molecule has 0 aliphatic heterocycles. The van der Waals surface area contributed by atoms with Crippen LogP contribution < -0.4 is 0 Å². The van der Waals surface area contributed by atoms with Crippen molar-refractivity contribution in [2.45, 2.75) is 32.3 Å². The van der Waals surface area contributed by atoms with E-state index in [1.165, 1.54) is 0 Å². The van der Waals surface area contributed by atoms with Crippen molar-refractivity contribution < 1.29 is 14.4 Å². The topological polar surface area (TPSA) is 57.5 Å².